The summed E-state index contributed by atoms with van der Waals surface area (Å²) >= 11 is 1.31. The summed E-state index contributed by atoms with van der Waals surface area (Å²) in [5, 5.41) is 17.6. The van der Waals surface area contributed by atoms with Crippen molar-refractivity contribution >= 4 is 11.8 Å². The first-order valence-corrected chi connectivity index (χ1v) is 5.59. The van der Waals surface area contributed by atoms with Gasteiger partial charge in [0.05, 0.1) is 12.7 Å². The van der Waals surface area contributed by atoms with E-state index in [0.29, 0.717) is 17.1 Å². The quantitative estimate of drug-likeness (QED) is 0.812. The summed E-state index contributed by atoms with van der Waals surface area (Å²) in [5.41, 5.74) is 0.530. The van der Waals surface area contributed by atoms with Gasteiger partial charge in [-0.05, 0) is 17.7 Å². The first kappa shape index (κ1) is 12.4. The van der Waals surface area contributed by atoms with Gasteiger partial charge in [-0.25, -0.2) is 8.78 Å². The van der Waals surface area contributed by atoms with Crippen LogP contribution in [0.4, 0.5) is 8.78 Å². The second-order valence-electron chi connectivity index (χ2n) is 3.13. The molecule has 84 valence electrons. The van der Waals surface area contributed by atoms with E-state index in [9.17, 15) is 8.78 Å². The zero-order valence-electron chi connectivity index (χ0n) is 7.99. The van der Waals surface area contributed by atoms with E-state index in [2.05, 4.69) is 0 Å². The molecule has 0 bridgehead atoms. The fourth-order valence-electron chi connectivity index (χ4n) is 1.06. The second-order valence-corrected chi connectivity index (χ2v) is 4.16. The summed E-state index contributed by atoms with van der Waals surface area (Å²) in [5.74, 6) is -0.456. The van der Waals surface area contributed by atoms with Crippen molar-refractivity contribution in [1.82, 2.24) is 0 Å². The summed E-state index contributed by atoms with van der Waals surface area (Å²) in [4.78, 5) is 0. The maximum atomic E-state index is 12.7. The maximum Gasteiger partial charge on any atom is 0.126 e. The molecule has 1 atom stereocenters. The van der Waals surface area contributed by atoms with Gasteiger partial charge in [0.25, 0.3) is 0 Å². The Morgan fingerprint density at radius 1 is 1.20 bits per heavy atom. The lowest BCUT2D eigenvalue weighted by Crippen LogP contribution is -2.14. The van der Waals surface area contributed by atoms with E-state index in [1.807, 2.05) is 0 Å². The monoisotopic (exact) mass is 234 g/mol. The highest BCUT2D eigenvalue weighted by Crippen LogP contribution is 2.15. The van der Waals surface area contributed by atoms with Crippen LogP contribution >= 0.6 is 11.8 Å². The Kier molecular flexibility index (Phi) is 5.01. The lowest BCUT2D eigenvalue weighted by molar-refractivity contribution is 0.113. The van der Waals surface area contributed by atoms with Crippen LogP contribution in [0.25, 0.3) is 0 Å². The molecule has 0 spiro atoms. The highest BCUT2D eigenvalue weighted by molar-refractivity contribution is 7.98. The van der Waals surface area contributed by atoms with Gasteiger partial charge in [0.15, 0.2) is 0 Å². The van der Waals surface area contributed by atoms with E-state index < -0.39 is 17.7 Å². The van der Waals surface area contributed by atoms with Crippen LogP contribution in [0.2, 0.25) is 0 Å². The third kappa shape index (κ3) is 4.59. The molecule has 0 aromatic heterocycles. The molecule has 0 aliphatic carbocycles. The molecule has 0 saturated heterocycles. The summed E-state index contributed by atoms with van der Waals surface area (Å²) < 4.78 is 25.5. The van der Waals surface area contributed by atoms with Gasteiger partial charge in [-0.1, -0.05) is 0 Å². The third-order valence-corrected chi connectivity index (χ3v) is 2.87. The summed E-state index contributed by atoms with van der Waals surface area (Å²) in [7, 11) is 0. The van der Waals surface area contributed by atoms with Crippen LogP contribution in [0.1, 0.15) is 5.56 Å². The molecule has 0 fully saturated rings. The average molecular weight is 234 g/mol. The van der Waals surface area contributed by atoms with E-state index in [4.69, 9.17) is 10.2 Å². The maximum absolute atomic E-state index is 12.7. The van der Waals surface area contributed by atoms with Gasteiger partial charge in [0.2, 0.25) is 0 Å². The fraction of sp³-hybridized carbons (Fsp3) is 0.400. The molecule has 1 rings (SSSR count). The normalized spacial score (nSPS) is 12.8. The van der Waals surface area contributed by atoms with E-state index in [1.165, 1.54) is 23.9 Å². The van der Waals surface area contributed by atoms with Crippen molar-refractivity contribution in [2.45, 2.75) is 11.9 Å². The van der Waals surface area contributed by atoms with Gasteiger partial charge in [-0.15, -0.1) is 0 Å². The number of aliphatic hydroxyl groups excluding tert-OH is 2. The number of rotatable bonds is 5. The number of benzene rings is 1. The van der Waals surface area contributed by atoms with Crippen LogP contribution in [0.15, 0.2) is 18.2 Å². The van der Waals surface area contributed by atoms with Gasteiger partial charge in [0, 0.05) is 17.6 Å². The smallest absolute Gasteiger partial charge is 0.126 e. The molecule has 1 unspecified atom stereocenters. The van der Waals surface area contributed by atoms with Gasteiger partial charge in [-0.2, -0.15) is 11.8 Å². The van der Waals surface area contributed by atoms with Crippen molar-refractivity contribution in [2.75, 3.05) is 12.4 Å². The molecule has 0 saturated carbocycles. The molecule has 15 heavy (non-hydrogen) atoms. The average Bonchev–Trinajstić information content (AvgIpc) is 2.16. The molecular formula is C10H12F2O2S. The van der Waals surface area contributed by atoms with Crippen molar-refractivity contribution in [3.05, 3.63) is 35.4 Å². The van der Waals surface area contributed by atoms with Crippen molar-refractivity contribution in [3.63, 3.8) is 0 Å². The Balaban J connectivity index is 2.43. The highest BCUT2D eigenvalue weighted by atomic mass is 32.2. The number of hydrogen-bond acceptors (Lipinski definition) is 3. The minimum atomic E-state index is -0.784. The van der Waals surface area contributed by atoms with Crippen LogP contribution < -0.4 is 0 Å². The van der Waals surface area contributed by atoms with Crippen molar-refractivity contribution < 1.29 is 19.0 Å². The summed E-state index contributed by atoms with van der Waals surface area (Å²) in [6.45, 7) is -0.301. The third-order valence-electron chi connectivity index (χ3n) is 1.71. The number of hydrogen-bond donors (Lipinski definition) is 2. The molecule has 0 aliphatic rings. The lowest BCUT2D eigenvalue weighted by Gasteiger charge is -2.06. The van der Waals surface area contributed by atoms with Crippen molar-refractivity contribution in [3.8, 4) is 0 Å². The lowest BCUT2D eigenvalue weighted by atomic mass is 10.2. The Hall–Kier alpha value is -0.650. The standard InChI is InChI=1S/C10H12F2O2S/c11-8-1-7(2-9(12)3-8)5-15-6-10(14)4-13/h1-3,10,13-14H,4-6H2. The highest BCUT2D eigenvalue weighted by Gasteiger charge is 2.04. The van der Waals surface area contributed by atoms with Crippen molar-refractivity contribution in [2.24, 2.45) is 0 Å². The van der Waals surface area contributed by atoms with E-state index in [0.717, 1.165) is 6.07 Å². The van der Waals surface area contributed by atoms with E-state index in [-0.39, 0.29) is 6.61 Å². The summed E-state index contributed by atoms with van der Waals surface area (Å²) in [6, 6.07) is 3.32. The molecule has 0 heterocycles. The SMILES string of the molecule is OCC(O)CSCc1cc(F)cc(F)c1. The first-order chi connectivity index (χ1) is 7.11. The Labute approximate surface area is 90.9 Å². The molecule has 0 amide bonds. The van der Waals surface area contributed by atoms with Crippen LogP contribution in [0.5, 0.6) is 0 Å². The Bertz CT molecular complexity index is 300. The molecule has 1 aromatic carbocycles. The van der Waals surface area contributed by atoms with Gasteiger partial charge >= 0.3 is 0 Å². The van der Waals surface area contributed by atoms with Crippen LogP contribution in [-0.2, 0) is 5.75 Å². The number of halogens is 2. The molecule has 5 heteroatoms. The zero-order valence-corrected chi connectivity index (χ0v) is 8.81. The predicted molar refractivity (Wildman–Crippen MR) is 55.6 cm³/mol. The molecule has 2 N–H and O–H groups in total. The Morgan fingerprint density at radius 2 is 1.80 bits per heavy atom. The zero-order chi connectivity index (χ0) is 11.3. The number of thioether (sulfide) groups is 1. The van der Waals surface area contributed by atoms with Crippen LogP contribution in [-0.4, -0.2) is 28.7 Å². The van der Waals surface area contributed by atoms with Crippen LogP contribution in [0, 0.1) is 11.6 Å². The topological polar surface area (TPSA) is 40.5 Å². The minimum absolute atomic E-state index is 0.301. The molecular weight excluding hydrogens is 222 g/mol. The van der Waals surface area contributed by atoms with Gasteiger partial charge in [-0.3, -0.25) is 0 Å². The van der Waals surface area contributed by atoms with Gasteiger partial charge < -0.3 is 10.2 Å². The largest absolute Gasteiger partial charge is 0.394 e. The predicted octanol–water partition coefficient (Wildman–Crippen LogP) is 1.55. The Morgan fingerprint density at radius 3 is 2.33 bits per heavy atom. The number of aliphatic hydroxyl groups is 2. The minimum Gasteiger partial charge on any atom is -0.394 e. The van der Waals surface area contributed by atoms with Gasteiger partial charge in [0.1, 0.15) is 11.6 Å². The molecule has 1 aromatic rings. The first-order valence-electron chi connectivity index (χ1n) is 4.43. The van der Waals surface area contributed by atoms with Crippen LogP contribution in [0.3, 0.4) is 0 Å². The van der Waals surface area contributed by atoms with E-state index in [1.54, 1.807) is 0 Å². The summed E-state index contributed by atoms with van der Waals surface area (Å²) in [6.07, 6.45) is -0.784. The molecule has 2 nitrogen and oxygen atoms in total. The fourth-order valence-corrected chi connectivity index (χ4v) is 1.96. The molecule has 0 aliphatic heterocycles. The second kappa shape index (κ2) is 6.05. The molecule has 0 radical (unpaired) electrons. The van der Waals surface area contributed by atoms with Crippen molar-refractivity contribution in [1.29, 1.82) is 0 Å². The van der Waals surface area contributed by atoms with E-state index >= 15 is 0 Å².